The number of anilines is 1. The van der Waals surface area contributed by atoms with Crippen molar-refractivity contribution in [3.8, 4) is 5.75 Å². The maximum atomic E-state index is 13.3. The van der Waals surface area contributed by atoms with Gasteiger partial charge in [-0.2, -0.15) is 0 Å². The highest BCUT2D eigenvalue weighted by molar-refractivity contribution is 7.80. The molecule has 0 aromatic heterocycles. The molecule has 1 aliphatic rings. The summed E-state index contributed by atoms with van der Waals surface area (Å²) in [4.78, 5) is 27.3. The van der Waals surface area contributed by atoms with Crippen molar-refractivity contribution in [1.82, 2.24) is 5.32 Å². The lowest BCUT2D eigenvalue weighted by molar-refractivity contribution is -0.122. The van der Waals surface area contributed by atoms with Crippen LogP contribution in [0.3, 0.4) is 0 Å². The highest BCUT2D eigenvalue weighted by atomic mass is 32.1. The number of methoxy groups -OCH3 is 1. The summed E-state index contributed by atoms with van der Waals surface area (Å²) in [5.41, 5.74) is 4.56. The van der Waals surface area contributed by atoms with Crippen LogP contribution in [0.15, 0.2) is 42.0 Å². The van der Waals surface area contributed by atoms with E-state index in [2.05, 4.69) is 33.0 Å². The van der Waals surface area contributed by atoms with Crippen molar-refractivity contribution in [2.75, 3.05) is 12.0 Å². The number of hydrogen-bond acceptors (Lipinski definition) is 4. The van der Waals surface area contributed by atoms with E-state index in [0.717, 1.165) is 28.0 Å². The summed E-state index contributed by atoms with van der Waals surface area (Å²) in [7, 11) is 1.64. The molecule has 0 saturated carbocycles. The smallest absolute Gasteiger partial charge is 0.270 e. The summed E-state index contributed by atoms with van der Waals surface area (Å²) in [6.07, 6.45) is 1.63. The molecule has 2 aromatic carbocycles. The number of nitrogens with zero attached hydrogens (tertiary/aromatic N) is 1. The highest BCUT2D eigenvalue weighted by Gasteiger charge is 2.34. The summed E-state index contributed by atoms with van der Waals surface area (Å²) in [5, 5.41) is 2.73. The van der Waals surface area contributed by atoms with E-state index in [1.54, 1.807) is 13.2 Å². The minimum absolute atomic E-state index is 0.0458. The van der Waals surface area contributed by atoms with E-state index in [-0.39, 0.29) is 16.6 Å². The van der Waals surface area contributed by atoms with Gasteiger partial charge in [-0.15, -0.1) is 0 Å². The lowest BCUT2D eigenvalue weighted by Gasteiger charge is -2.29. The molecule has 0 radical (unpaired) electrons. The molecule has 0 aliphatic carbocycles. The van der Waals surface area contributed by atoms with Gasteiger partial charge in [0.05, 0.1) is 12.8 Å². The molecule has 0 atom stereocenters. The summed E-state index contributed by atoms with van der Waals surface area (Å²) in [5.74, 6) is 0.467. The normalized spacial score (nSPS) is 15.8. The van der Waals surface area contributed by atoms with E-state index in [1.807, 2.05) is 43.3 Å². The number of ether oxygens (including phenoxy) is 1. The predicted molar refractivity (Wildman–Crippen MR) is 129 cm³/mol. The number of aryl methyl sites for hydroxylation is 1. The van der Waals surface area contributed by atoms with Gasteiger partial charge in [0, 0.05) is 0 Å². The van der Waals surface area contributed by atoms with Crippen molar-refractivity contribution in [3.63, 3.8) is 0 Å². The molecule has 1 heterocycles. The van der Waals surface area contributed by atoms with Crippen LogP contribution in [0.5, 0.6) is 5.75 Å². The fraction of sp³-hybridized carbons (Fsp3) is 0.320. The molecule has 3 rings (SSSR count). The molecule has 1 N–H and O–H groups in total. The second-order valence-corrected chi connectivity index (χ2v) is 8.70. The summed E-state index contributed by atoms with van der Waals surface area (Å²) in [6, 6.07) is 11.5. The largest absolute Gasteiger partial charge is 0.496 e. The van der Waals surface area contributed by atoms with Gasteiger partial charge < -0.3 is 4.74 Å². The van der Waals surface area contributed by atoms with Crippen LogP contribution in [0.4, 0.5) is 5.69 Å². The van der Waals surface area contributed by atoms with Crippen LogP contribution in [-0.4, -0.2) is 24.0 Å². The van der Waals surface area contributed by atoms with Gasteiger partial charge in [-0.25, -0.2) is 0 Å². The average Bonchev–Trinajstić information content (AvgIpc) is 2.71. The molecule has 2 aromatic rings. The first-order chi connectivity index (χ1) is 14.6. The van der Waals surface area contributed by atoms with E-state index in [1.165, 1.54) is 4.90 Å². The summed E-state index contributed by atoms with van der Waals surface area (Å²) < 4.78 is 5.50. The van der Waals surface area contributed by atoms with E-state index in [4.69, 9.17) is 17.0 Å². The van der Waals surface area contributed by atoms with Crippen LogP contribution in [0, 0.1) is 6.92 Å². The molecule has 1 saturated heterocycles. The van der Waals surface area contributed by atoms with Crippen LogP contribution in [0.2, 0.25) is 0 Å². The number of amides is 2. The third-order valence-electron chi connectivity index (χ3n) is 5.46. The van der Waals surface area contributed by atoms with E-state index < -0.39 is 11.8 Å². The second-order valence-electron chi connectivity index (χ2n) is 8.31. The third-order valence-corrected chi connectivity index (χ3v) is 5.74. The SMILES string of the molecule is COc1cc(C)c(/C=C2\C(=O)NC(=S)N(c3ccc(C(C)C)cc3)C2=O)cc1C(C)C. The van der Waals surface area contributed by atoms with E-state index >= 15 is 0 Å². The summed E-state index contributed by atoms with van der Waals surface area (Å²) >= 11 is 5.31. The van der Waals surface area contributed by atoms with Crippen molar-refractivity contribution >= 4 is 40.9 Å². The first-order valence-corrected chi connectivity index (χ1v) is 10.7. The molecule has 162 valence electrons. The van der Waals surface area contributed by atoms with Gasteiger partial charge in [-0.05, 0) is 83.6 Å². The Bertz CT molecular complexity index is 1070. The molecule has 6 heteroatoms. The number of carbonyl (C=O) groups is 2. The fourth-order valence-electron chi connectivity index (χ4n) is 3.56. The number of nitrogens with one attached hydrogen (secondary N) is 1. The minimum Gasteiger partial charge on any atom is -0.496 e. The number of thiocarbonyl (C=S) groups is 1. The van der Waals surface area contributed by atoms with Crippen molar-refractivity contribution in [3.05, 3.63) is 64.2 Å². The van der Waals surface area contributed by atoms with Gasteiger partial charge in [-0.3, -0.25) is 19.8 Å². The van der Waals surface area contributed by atoms with Crippen LogP contribution in [0.1, 0.15) is 61.8 Å². The molecule has 0 spiro atoms. The van der Waals surface area contributed by atoms with Crippen molar-refractivity contribution < 1.29 is 14.3 Å². The van der Waals surface area contributed by atoms with E-state index in [0.29, 0.717) is 11.6 Å². The van der Waals surface area contributed by atoms with Gasteiger partial charge in [0.25, 0.3) is 11.8 Å². The quantitative estimate of drug-likeness (QED) is 0.403. The van der Waals surface area contributed by atoms with Crippen molar-refractivity contribution in [2.24, 2.45) is 0 Å². The molecule has 2 amide bonds. The maximum Gasteiger partial charge on any atom is 0.270 e. The fourth-order valence-corrected chi connectivity index (χ4v) is 3.84. The third kappa shape index (κ3) is 4.54. The molecule has 31 heavy (non-hydrogen) atoms. The van der Waals surface area contributed by atoms with Crippen LogP contribution >= 0.6 is 12.2 Å². The van der Waals surface area contributed by atoms with Gasteiger partial charge in [0.1, 0.15) is 11.3 Å². The van der Waals surface area contributed by atoms with Crippen LogP contribution in [0.25, 0.3) is 6.08 Å². The Balaban J connectivity index is 2.04. The van der Waals surface area contributed by atoms with Gasteiger partial charge in [0.2, 0.25) is 0 Å². The van der Waals surface area contributed by atoms with Crippen LogP contribution in [-0.2, 0) is 9.59 Å². The standard InChI is InChI=1S/C25H28N2O3S/c1-14(2)17-7-9-19(10-8-17)27-24(29)21(23(28)26-25(27)31)13-18-12-20(15(3)4)22(30-6)11-16(18)5/h7-15H,1-6H3,(H,26,28,31)/b21-13+. The lowest BCUT2D eigenvalue weighted by atomic mass is 9.95. The molecule has 5 nitrogen and oxygen atoms in total. The van der Waals surface area contributed by atoms with Gasteiger partial charge in [-0.1, -0.05) is 39.8 Å². The molecule has 0 bridgehead atoms. The lowest BCUT2D eigenvalue weighted by Crippen LogP contribution is -2.54. The zero-order valence-electron chi connectivity index (χ0n) is 18.8. The average molecular weight is 437 g/mol. The highest BCUT2D eigenvalue weighted by Crippen LogP contribution is 2.31. The Morgan fingerprint density at radius 3 is 2.23 bits per heavy atom. The van der Waals surface area contributed by atoms with Crippen LogP contribution < -0.4 is 15.0 Å². The first-order valence-electron chi connectivity index (χ1n) is 10.3. The minimum atomic E-state index is -0.494. The molecular formula is C25H28N2O3S. The molecule has 1 fully saturated rings. The Labute approximate surface area is 189 Å². The Kier molecular flexibility index (Phi) is 6.60. The molecule has 1 aliphatic heterocycles. The van der Waals surface area contributed by atoms with Gasteiger partial charge in [0.15, 0.2) is 5.11 Å². The predicted octanol–water partition coefficient (Wildman–Crippen LogP) is 5.08. The Morgan fingerprint density at radius 1 is 1.03 bits per heavy atom. The first kappa shape index (κ1) is 22.7. The Hall–Kier alpha value is -2.99. The topological polar surface area (TPSA) is 58.6 Å². The maximum absolute atomic E-state index is 13.3. The van der Waals surface area contributed by atoms with E-state index in [9.17, 15) is 9.59 Å². The Morgan fingerprint density at radius 2 is 1.68 bits per heavy atom. The number of carbonyl (C=O) groups excluding carboxylic acids is 2. The van der Waals surface area contributed by atoms with Crippen molar-refractivity contribution in [2.45, 2.75) is 46.5 Å². The second kappa shape index (κ2) is 9.02. The zero-order chi connectivity index (χ0) is 22.9. The zero-order valence-corrected chi connectivity index (χ0v) is 19.6. The monoisotopic (exact) mass is 436 g/mol. The number of benzene rings is 2. The summed E-state index contributed by atoms with van der Waals surface area (Å²) in [6.45, 7) is 10.3. The number of hydrogen-bond donors (Lipinski definition) is 1. The molecular weight excluding hydrogens is 408 g/mol. The molecule has 0 unspecified atom stereocenters. The van der Waals surface area contributed by atoms with Gasteiger partial charge >= 0.3 is 0 Å². The van der Waals surface area contributed by atoms with Crippen molar-refractivity contribution in [1.29, 1.82) is 0 Å². The number of rotatable bonds is 5.